The summed E-state index contributed by atoms with van der Waals surface area (Å²) in [4.78, 5) is 7.32. The Morgan fingerprint density at radius 2 is 2.03 bits per heavy atom. The van der Waals surface area contributed by atoms with Gasteiger partial charge in [0.1, 0.15) is 5.83 Å². The van der Waals surface area contributed by atoms with Crippen molar-refractivity contribution in [3.63, 3.8) is 0 Å². The Balaban J connectivity index is 2.23. The summed E-state index contributed by atoms with van der Waals surface area (Å²) < 4.78 is 40.9. The zero-order valence-corrected chi connectivity index (χ0v) is 18.1. The summed E-state index contributed by atoms with van der Waals surface area (Å²) in [5, 5.41) is 0. The molecule has 0 saturated heterocycles. The number of sulfone groups is 1. The van der Waals surface area contributed by atoms with Gasteiger partial charge in [0.25, 0.3) is 0 Å². The molecule has 0 saturated carbocycles. The van der Waals surface area contributed by atoms with E-state index in [-0.39, 0.29) is 29.6 Å². The zero-order chi connectivity index (χ0) is 21.2. The van der Waals surface area contributed by atoms with Gasteiger partial charge in [0, 0.05) is 23.5 Å². The predicted molar refractivity (Wildman–Crippen MR) is 115 cm³/mol. The van der Waals surface area contributed by atoms with E-state index in [2.05, 4.69) is 9.82 Å². The van der Waals surface area contributed by atoms with E-state index >= 15 is 0 Å². The van der Waals surface area contributed by atoms with Crippen LogP contribution < -0.4 is 4.84 Å². The third-order valence-corrected chi connectivity index (χ3v) is 6.77. The average Bonchev–Trinajstić information content (AvgIpc) is 2.97. The Bertz CT molecular complexity index is 1190. The number of aryl methyl sites for hydroxylation is 1. The second-order valence-electron chi connectivity index (χ2n) is 6.79. The van der Waals surface area contributed by atoms with Gasteiger partial charge in [-0.05, 0) is 61.5 Å². The van der Waals surface area contributed by atoms with Crippen LogP contribution in [0.4, 0.5) is 4.39 Å². The second-order valence-corrected chi connectivity index (χ2v) is 9.33. The van der Waals surface area contributed by atoms with Gasteiger partial charge in [0.2, 0.25) is 0 Å². The van der Waals surface area contributed by atoms with Crippen molar-refractivity contribution in [2.45, 2.75) is 32.2 Å². The maximum Gasteiger partial charge on any atom is 0.178 e. The summed E-state index contributed by atoms with van der Waals surface area (Å²) in [6.07, 6.45) is 1.38. The van der Waals surface area contributed by atoms with Gasteiger partial charge in [0.15, 0.2) is 9.84 Å². The Hall–Kier alpha value is -2.22. The minimum atomic E-state index is -3.34. The zero-order valence-electron chi connectivity index (χ0n) is 16.5. The molecule has 2 aromatic heterocycles. The summed E-state index contributed by atoms with van der Waals surface area (Å²) in [5.41, 5.74) is 4.69. The van der Waals surface area contributed by atoms with Gasteiger partial charge in [-0.15, -0.1) is 0 Å². The van der Waals surface area contributed by atoms with Crippen molar-refractivity contribution >= 4 is 32.6 Å². The van der Waals surface area contributed by atoms with E-state index in [4.69, 9.17) is 11.8 Å². The van der Waals surface area contributed by atoms with Crippen LogP contribution in [0.5, 0.6) is 0 Å². The molecule has 0 radical (unpaired) electrons. The van der Waals surface area contributed by atoms with Crippen LogP contribution in [0.1, 0.15) is 18.3 Å². The van der Waals surface area contributed by atoms with E-state index in [1.165, 1.54) is 6.08 Å². The summed E-state index contributed by atoms with van der Waals surface area (Å²) in [7, 11) is -3.34. The van der Waals surface area contributed by atoms with Crippen molar-refractivity contribution in [3.8, 4) is 11.1 Å². The quantitative estimate of drug-likeness (QED) is 0.546. The first kappa shape index (κ1) is 21.5. The minimum Gasteiger partial charge on any atom is -0.336 e. The molecule has 8 heteroatoms. The number of nitrogens with zero attached hydrogens (tertiary/aromatic N) is 2. The molecule has 0 aliphatic rings. The number of benzene rings is 1. The van der Waals surface area contributed by atoms with Gasteiger partial charge in [-0.1, -0.05) is 19.1 Å². The maximum atomic E-state index is 14.4. The molecule has 5 nitrogen and oxygen atoms in total. The van der Waals surface area contributed by atoms with E-state index in [1.807, 2.05) is 36.6 Å². The number of aromatic nitrogens is 2. The van der Waals surface area contributed by atoms with Crippen molar-refractivity contribution in [1.29, 1.82) is 0 Å². The van der Waals surface area contributed by atoms with Crippen molar-refractivity contribution in [1.82, 2.24) is 14.4 Å². The molecule has 0 aliphatic heterocycles. The van der Waals surface area contributed by atoms with Crippen LogP contribution in [0.15, 0.2) is 53.2 Å². The lowest BCUT2D eigenvalue weighted by molar-refractivity contribution is 0.554. The van der Waals surface area contributed by atoms with Crippen LogP contribution in [-0.4, -0.2) is 30.3 Å². The molecular formula is C21H23ClFN3O2S. The van der Waals surface area contributed by atoms with Crippen molar-refractivity contribution in [3.05, 3.63) is 59.7 Å². The molecule has 0 spiro atoms. The fourth-order valence-corrected chi connectivity index (χ4v) is 4.37. The van der Waals surface area contributed by atoms with Crippen LogP contribution in [0, 0.1) is 13.8 Å². The third-order valence-electron chi connectivity index (χ3n) is 4.88. The van der Waals surface area contributed by atoms with Crippen LogP contribution in [0.2, 0.25) is 0 Å². The lowest BCUT2D eigenvalue weighted by Crippen LogP contribution is -2.04. The predicted octanol–water partition coefficient (Wildman–Crippen LogP) is 4.71. The second kappa shape index (κ2) is 8.65. The number of halogens is 2. The molecule has 0 unspecified atom stereocenters. The number of allylic oxidation sites excluding steroid dienone is 1. The molecule has 3 aromatic rings. The van der Waals surface area contributed by atoms with E-state index in [1.54, 1.807) is 25.1 Å². The fraction of sp³-hybridized carbons (Fsp3) is 0.286. The maximum absolute atomic E-state index is 14.4. The number of hydrogen-bond donors (Lipinski definition) is 1. The van der Waals surface area contributed by atoms with Gasteiger partial charge in [-0.3, -0.25) is 4.98 Å². The molecular weight excluding hydrogens is 413 g/mol. The third kappa shape index (κ3) is 4.37. The average molecular weight is 436 g/mol. The Labute approximate surface area is 175 Å². The van der Waals surface area contributed by atoms with Crippen LogP contribution in [0.3, 0.4) is 0 Å². The number of rotatable bonds is 7. The first-order valence-corrected chi connectivity index (χ1v) is 11.3. The highest BCUT2D eigenvalue weighted by Crippen LogP contribution is 2.35. The standard InChI is InChI=1S/C21H23ClFN3O2S/c1-4-29(27,28)18-7-5-6-16(12-18)20-15(3)26(13-17(23)10-11-24-22)19-9-8-14(2)25-21(19)20/h5-10,12,24H,4,11,13H2,1-3H3/b17-10-. The van der Waals surface area contributed by atoms with E-state index in [0.29, 0.717) is 0 Å². The topological polar surface area (TPSA) is 64.0 Å². The molecule has 0 atom stereocenters. The molecule has 1 aromatic carbocycles. The minimum absolute atomic E-state index is 0.0270. The highest BCUT2D eigenvalue weighted by atomic mass is 35.5. The van der Waals surface area contributed by atoms with Crippen molar-refractivity contribution < 1.29 is 12.8 Å². The van der Waals surface area contributed by atoms with E-state index in [9.17, 15) is 12.8 Å². The molecule has 0 fully saturated rings. The lowest BCUT2D eigenvalue weighted by Gasteiger charge is -2.08. The van der Waals surface area contributed by atoms with Gasteiger partial charge in [-0.2, -0.15) is 0 Å². The summed E-state index contributed by atoms with van der Waals surface area (Å²) in [6, 6.07) is 10.6. The van der Waals surface area contributed by atoms with E-state index in [0.717, 1.165) is 33.5 Å². The van der Waals surface area contributed by atoms with E-state index < -0.39 is 9.84 Å². The number of nitrogens with one attached hydrogen (secondary N) is 1. The highest BCUT2D eigenvalue weighted by Gasteiger charge is 2.20. The van der Waals surface area contributed by atoms with Gasteiger partial charge in [0.05, 0.1) is 28.2 Å². The SMILES string of the molecule is CCS(=O)(=O)c1cccc(-c2c(C)n(C/C(F)=C/CNCl)c3ccc(C)nc23)c1. The smallest absolute Gasteiger partial charge is 0.178 e. The molecule has 2 heterocycles. The summed E-state index contributed by atoms with van der Waals surface area (Å²) in [6.45, 7) is 5.65. The normalized spacial score (nSPS) is 12.7. The summed E-state index contributed by atoms with van der Waals surface area (Å²) >= 11 is 5.41. The molecule has 3 rings (SSSR count). The highest BCUT2D eigenvalue weighted by molar-refractivity contribution is 7.91. The van der Waals surface area contributed by atoms with Crippen molar-refractivity contribution in [2.24, 2.45) is 0 Å². The molecule has 29 heavy (non-hydrogen) atoms. The Morgan fingerprint density at radius 1 is 1.28 bits per heavy atom. The Kier molecular flexibility index (Phi) is 6.41. The van der Waals surface area contributed by atoms with Gasteiger partial charge in [-0.25, -0.2) is 17.6 Å². The largest absolute Gasteiger partial charge is 0.336 e. The molecule has 0 amide bonds. The number of fused-ring (bicyclic) bond motifs is 1. The van der Waals surface area contributed by atoms with Crippen molar-refractivity contribution in [2.75, 3.05) is 12.3 Å². The molecule has 1 N–H and O–H groups in total. The monoisotopic (exact) mass is 435 g/mol. The number of hydrogen-bond acceptors (Lipinski definition) is 4. The van der Waals surface area contributed by atoms with Gasteiger partial charge >= 0.3 is 0 Å². The van der Waals surface area contributed by atoms with Crippen LogP contribution >= 0.6 is 11.8 Å². The van der Waals surface area contributed by atoms with Gasteiger partial charge < -0.3 is 4.57 Å². The first-order chi connectivity index (χ1) is 13.8. The van der Waals surface area contributed by atoms with Crippen LogP contribution in [-0.2, 0) is 16.4 Å². The fourth-order valence-electron chi connectivity index (χ4n) is 3.36. The molecule has 0 bridgehead atoms. The summed E-state index contributed by atoms with van der Waals surface area (Å²) in [5.74, 6) is -0.299. The first-order valence-electron chi connectivity index (χ1n) is 9.26. The Morgan fingerprint density at radius 3 is 2.72 bits per heavy atom. The molecule has 154 valence electrons. The van der Waals surface area contributed by atoms with Crippen LogP contribution in [0.25, 0.3) is 22.2 Å². The number of pyridine rings is 1. The lowest BCUT2D eigenvalue weighted by atomic mass is 10.1. The molecule has 0 aliphatic carbocycles.